The Kier molecular flexibility index (Phi) is 3.87. The first-order chi connectivity index (χ1) is 9.76. The van der Waals surface area contributed by atoms with Gasteiger partial charge in [-0.25, -0.2) is 0 Å². The van der Waals surface area contributed by atoms with Crippen molar-refractivity contribution in [2.45, 2.75) is 38.3 Å². The fourth-order valence-corrected chi connectivity index (χ4v) is 2.80. The number of nitrogens with zero attached hydrogens (tertiary/aromatic N) is 2. The van der Waals surface area contributed by atoms with Gasteiger partial charge in [-0.1, -0.05) is 0 Å². The van der Waals surface area contributed by atoms with Crippen LogP contribution in [0.25, 0.3) is 0 Å². The fourth-order valence-electron chi connectivity index (χ4n) is 2.80. The Morgan fingerprint density at radius 3 is 3.05 bits per heavy atom. The zero-order valence-electron chi connectivity index (χ0n) is 11.9. The van der Waals surface area contributed by atoms with Crippen molar-refractivity contribution in [1.29, 1.82) is 0 Å². The van der Waals surface area contributed by atoms with Crippen LogP contribution in [-0.2, 0) is 0 Å². The number of rotatable bonds is 5. The molecule has 0 radical (unpaired) electrons. The highest BCUT2D eigenvalue weighted by atomic mass is 16.1. The van der Waals surface area contributed by atoms with Crippen LogP contribution in [0.4, 0.5) is 5.69 Å². The van der Waals surface area contributed by atoms with E-state index in [0.29, 0.717) is 5.69 Å². The van der Waals surface area contributed by atoms with Crippen molar-refractivity contribution in [2.75, 3.05) is 25.0 Å². The molecule has 5 heteroatoms. The molecule has 1 aromatic heterocycles. The number of hydrogen-bond donors (Lipinski definition) is 2. The first kappa shape index (κ1) is 13.4. The number of pyridine rings is 1. The maximum atomic E-state index is 12.2. The number of anilines is 1. The highest BCUT2D eigenvalue weighted by molar-refractivity contribution is 5.93. The SMILES string of the molecule is CCNc1ccnc(C(=O)NC2CCN(C3CC3)C2)c1. The normalized spacial score (nSPS) is 22.8. The van der Waals surface area contributed by atoms with Gasteiger partial charge in [0.25, 0.3) is 5.91 Å². The molecule has 0 bridgehead atoms. The monoisotopic (exact) mass is 274 g/mol. The standard InChI is InChI=1S/C15H22N4O/c1-2-16-11-5-7-17-14(9-11)15(20)18-12-6-8-19(10-12)13-3-4-13/h5,7,9,12-13H,2-4,6,8,10H2,1H3,(H,16,17)(H,18,20). The molecular weight excluding hydrogens is 252 g/mol. The molecule has 20 heavy (non-hydrogen) atoms. The third-order valence-corrected chi connectivity index (χ3v) is 3.99. The minimum Gasteiger partial charge on any atom is -0.385 e. The van der Waals surface area contributed by atoms with Crippen LogP contribution in [0.5, 0.6) is 0 Å². The second-order valence-electron chi connectivity index (χ2n) is 5.65. The zero-order chi connectivity index (χ0) is 13.9. The summed E-state index contributed by atoms with van der Waals surface area (Å²) in [4.78, 5) is 18.9. The first-order valence-corrected chi connectivity index (χ1v) is 7.51. The summed E-state index contributed by atoms with van der Waals surface area (Å²) in [6.45, 7) is 4.97. The quantitative estimate of drug-likeness (QED) is 0.854. The van der Waals surface area contributed by atoms with E-state index in [-0.39, 0.29) is 11.9 Å². The van der Waals surface area contributed by atoms with Crippen LogP contribution < -0.4 is 10.6 Å². The molecule has 5 nitrogen and oxygen atoms in total. The first-order valence-electron chi connectivity index (χ1n) is 7.51. The number of carbonyl (C=O) groups excluding carboxylic acids is 1. The summed E-state index contributed by atoms with van der Waals surface area (Å²) in [6.07, 6.45) is 5.38. The van der Waals surface area contributed by atoms with Crippen molar-refractivity contribution in [2.24, 2.45) is 0 Å². The van der Waals surface area contributed by atoms with Gasteiger partial charge in [-0.05, 0) is 38.3 Å². The van der Waals surface area contributed by atoms with Crippen LogP contribution in [0, 0.1) is 0 Å². The molecule has 1 saturated carbocycles. The van der Waals surface area contributed by atoms with E-state index in [0.717, 1.165) is 37.8 Å². The number of hydrogen-bond acceptors (Lipinski definition) is 4. The molecule has 0 spiro atoms. The maximum Gasteiger partial charge on any atom is 0.270 e. The molecule has 1 aliphatic carbocycles. The van der Waals surface area contributed by atoms with Crippen molar-refractivity contribution < 1.29 is 4.79 Å². The maximum absolute atomic E-state index is 12.2. The largest absolute Gasteiger partial charge is 0.385 e. The van der Waals surface area contributed by atoms with Gasteiger partial charge in [-0.3, -0.25) is 14.7 Å². The van der Waals surface area contributed by atoms with Gasteiger partial charge in [0.1, 0.15) is 5.69 Å². The molecular formula is C15H22N4O. The summed E-state index contributed by atoms with van der Waals surface area (Å²) in [5, 5.41) is 6.30. The summed E-state index contributed by atoms with van der Waals surface area (Å²) < 4.78 is 0. The lowest BCUT2D eigenvalue weighted by Crippen LogP contribution is -2.37. The Morgan fingerprint density at radius 2 is 2.30 bits per heavy atom. The van der Waals surface area contributed by atoms with Crippen LogP contribution in [0.15, 0.2) is 18.3 Å². The van der Waals surface area contributed by atoms with Gasteiger partial charge < -0.3 is 10.6 Å². The second-order valence-corrected chi connectivity index (χ2v) is 5.65. The van der Waals surface area contributed by atoms with E-state index in [1.807, 2.05) is 19.1 Å². The van der Waals surface area contributed by atoms with Crippen molar-refractivity contribution in [3.8, 4) is 0 Å². The van der Waals surface area contributed by atoms with Crippen molar-refractivity contribution in [1.82, 2.24) is 15.2 Å². The Morgan fingerprint density at radius 1 is 1.45 bits per heavy atom. The minimum atomic E-state index is -0.0626. The second kappa shape index (κ2) is 5.79. The number of amides is 1. The molecule has 0 aromatic carbocycles. The van der Waals surface area contributed by atoms with Crippen LogP contribution in [0.1, 0.15) is 36.7 Å². The average Bonchev–Trinajstić information content (AvgIpc) is 3.20. The number of aromatic nitrogens is 1. The van der Waals surface area contributed by atoms with Gasteiger partial charge in [0, 0.05) is 43.6 Å². The molecule has 1 saturated heterocycles. The van der Waals surface area contributed by atoms with Gasteiger partial charge in [0.2, 0.25) is 0 Å². The minimum absolute atomic E-state index is 0.0626. The lowest BCUT2D eigenvalue weighted by Gasteiger charge is -2.15. The third-order valence-electron chi connectivity index (χ3n) is 3.99. The Labute approximate surface area is 119 Å². The topological polar surface area (TPSA) is 57.3 Å². The predicted octanol–water partition coefficient (Wildman–Crippen LogP) is 1.48. The van der Waals surface area contributed by atoms with E-state index in [1.54, 1.807) is 6.20 Å². The van der Waals surface area contributed by atoms with E-state index in [9.17, 15) is 4.79 Å². The van der Waals surface area contributed by atoms with Crippen LogP contribution in [0.3, 0.4) is 0 Å². The summed E-state index contributed by atoms with van der Waals surface area (Å²) >= 11 is 0. The summed E-state index contributed by atoms with van der Waals surface area (Å²) in [5.74, 6) is -0.0626. The van der Waals surface area contributed by atoms with Crippen molar-refractivity contribution in [3.05, 3.63) is 24.0 Å². The fraction of sp³-hybridized carbons (Fsp3) is 0.600. The molecule has 1 unspecified atom stereocenters. The van der Waals surface area contributed by atoms with E-state index in [4.69, 9.17) is 0 Å². The molecule has 1 aromatic rings. The molecule has 2 aliphatic rings. The molecule has 1 atom stereocenters. The van der Waals surface area contributed by atoms with Gasteiger partial charge >= 0.3 is 0 Å². The van der Waals surface area contributed by atoms with Crippen LogP contribution >= 0.6 is 0 Å². The molecule has 108 valence electrons. The summed E-state index contributed by atoms with van der Waals surface area (Å²) in [6, 6.07) is 4.75. The average molecular weight is 274 g/mol. The van der Waals surface area contributed by atoms with Gasteiger partial charge in [0.05, 0.1) is 0 Å². The Bertz CT molecular complexity index is 487. The molecule has 2 N–H and O–H groups in total. The Hall–Kier alpha value is -1.62. The predicted molar refractivity (Wildman–Crippen MR) is 78.9 cm³/mol. The lowest BCUT2D eigenvalue weighted by molar-refractivity contribution is 0.0932. The van der Waals surface area contributed by atoms with E-state index in [2.05, 4.69) is 20.5 Å². The number of carbonyl (C=O) groups is 1. The third kappa shape index (κ3) is 3.10. The van der Waals surface area contributed by atoms with Crippen molar-refractivity contribution in [3.63, 3.8) is 0 Å². The van der Waals surface area contributed by atoms with Gasteiger partial charge in [-0.2, -0.15) is 0 Å². The number of likely N-dealkylation sites (tertiary alicyclic amines) is 1. The van der Waals surface area contributed by atoms with Gasteiger partial charge in [0.15, 0.2) is 0 Å². The highest BCUT2D eigenvalue weighted by Crippen LogP contribution is 2.29. The smallest absolute Gasteiger partial charge is 0.270 e. The van der Waals surface area contributed by atoms with Crippen molar-refractivity contribution >= 4 is 11.6 Å². The van der Waals surface area contributed by atoms with Gasteiger partial charge in [-0.15, -0.1) is 0 Å². The molecule has 2 fully saturated rings. The van der Waals surface area contributed by atoms with Crippen LogP contribution in [0.2, 0.25) is 0 Å². The molecule has 1 amide bonds. The summed E-state index contributed by atoms with van der Waals surface area (Å²) in [5.41, 5.74) is 1.44. The number of nitrogens with one attached hydrogen (secondary N) is 2. The summed E-state index contributed by atoms with van der Waals surface area (Å²) in [7, 11) is 0. The van der Waals surface area contributed by atoms with E-state index in [1.165, 1.54) is 12.8 Å². The van der Waals surface area contributed by atoms with E-state index < -0.39 is 0 Å². The highest BCUT2D eigenvalue weighted by Gasteiger charge is 2.34. The molecule has 2 heterocycles. The lowest BCUT2D eigenvalue weighted by atomic mass is 10.2. The Balaban J connectivity index is 1.57. The molecule has 1 aliphatic heterocycles. The van der Waals surface area contributed by atoms with E-state index >= 15 is 0 Å². The zero-order valence-corrected chi connectivity index (χ0v) is 11.9. The van der Waals surface area contributed by atoms with Crippen LogP contribution in [-0.4, -0.2) is 47.5 Å². The molecule has 3 rings (SSSR count).